The third-order valence-corrected chi connectivity index (χ3v) is 12.0. The maximum atomic E-state index is 11.9. The maximum Gasteiger partial charge on any atom is 0.372 e. The minimum Gasteiger partial charge on any atom is -0.355 e. The smallest absolute Gasteiger partial charge is 0.355 e. The monoisotopic (exact) mass is 315 g/mol. The van der Waals surface area contributed by atoms with E-state index in [1.54, 1.807) is 19.9 Å². The third-order valence-electron chi connectivity index (χ3n) is 3.35. The van der Waals surface area contributed by atoms with Gasteiger partial charge in [-0.1, -0.05) is 59.0 Å². The molecule has 0 aliphatic heterocycles. The molecule has 1 aromatic heterocycles. The zero-order valence-electron chi connectivity index (χ0n) is 11.4. The average Bonchev–Trinajstić information content (AvgIpc) is 2.90. The summed E-state index contributed by atoms with van der Waals surface area (Å²) in [5.74, 6) is 1.30. The van der Waals surface area contributed by atoms with Gasteiger partial charge in [-0.15, -0.1) is 0 Å². The van der Waals surface area contributed by atoms with E-state index in [-0.39, 0.29) is 0 Å². The molecule has 0 aliphatic rings. The SMILES string of the molecule is CCS(CC)(c1cc(-c2ccccc2)on1)P(=O)(O)O. The van der Waals surface area contributed by atoms with Crippen molar-refractivity contribution in [1.82, 2.24) is 5.16 Å². The first-order valence-electron chi connectivity index (χ1n) is 6.31. The fraction of sp³-hybridized carbons (Fsp3) is 0.308. The molecule has 0 unspecified atom stereocenters. The van der Waals surface area contributed by atoms with Crippen molar-refractivity contribution in [3.8, 4) is 11.3 Å². The summed E-state index contributed by atoms with van der Waals surface area (Å²) in [6.45, 7) is -0.673. The van der Waals surface area contributed by atoms with E-state index in [1.165, 1.54) is 0 Å². The highest BCUT2D eigenvalue weighted by Crippen LogP contribution is 2.80. The molecule has 5 nitrogen and oxygen atoms in total. The van der Waals surface area contributed by atoms with Crippen LogP contribution in [0.2, 0.25) is 0 Å². The van der Waals surface area contributed by atoms with Crippen molar-refractivity contribution in [3.05, 3.63) is 36.4 Å². The van der Waals surface area contributed by atoms with Crippen molar-refractivity contribution < 1.29 is 18.9 Å². The van der Waals surface area contributed by atoms with Crippen LogP contribution in [0.4, 0.5) is 0 Å². The first-order valence-corrected chi connectivity index (χ1v) is 10.5. The molecular weight excluding hydrogens is 297 g/mol. The number of nitrogens with zero attached hydrogens (tertiary/aromatic N) is 1. The van der Waals surface area contributed by atoms with Crippen LogP contribution in [0.1, 0.15) is 13.8 Å². The van der Waals surface area contributed by atoms with Gasteiger partial charge in [-0.25, -0.2) is 4.57 Å². The molecular formula is C13H18NO4PS. The third kappa shape index (κ3) is 2.56. The number of hydrogen-bond donors (Lipinski definition) is 2. The van der Waals surface area contributed by atoms with Crippen LogP contribution in [0.3, 0.4) is 0 Å². The van der Waals surface area contributed by atoms with Crippen LogP contribution in [0, 0.1) is 0 Å². The molecule has 1 heterocycles. The molecule has 0 aliphatic carbocycles. The summed E-state index contributed by atoms with van der Waals surface area (Å²) in [5, 5.41) is 4.34. The predicted octanol–water partition coefficient (Wildman–Crippen LogP) is 3.64. The van der Waals surface area contributed by atoms with E-state index >= 15 is 0 Å². The molecule has 0 amide bonds. The van der Waals surface area contributed by atoms with E-state index < -0.39 is 16.4 Å². The van der Waals surface area contributed by atoms with Crippen molar-refractivity contribution in [3.63, 3.8) is 0 Å². The van der Waals surface area contributed by atoms with Gasteiger partial charge in [0.2, 0.25) is 0 Å². The Morgan fingerprint density at radius 3 is 2.30 bits per heavy atom. The molecule has 0 spiro atoms. The van der Waals surface area contributed by atoms with Crippen molar-refractivity contribution in [2.75, 3.05) is 11.5 Å². The van der Waals surface area contributed by atoms with Gasteiger partial charge in [0.05, 0.1) is 0 Å². The van der Waals surface area contributed by atoms with E-state index in [0.717, 1.165) is 5.56 Å². The minimum absolute atomic E-state index is 0.383. The molecule has 7 heteroatoms. The van der Waals surface area contributed by atoms with Crippen LogP contribution < -0.4 is 0 Å². The fourth-order valence-corrected chi connectivity index (χ4v) is 7.56. The largest absolute Gasteiger partial charge is 0.372 e. The van der Waals surface area contributed by atoms with E-state index in [2.05, 4.69) is 5.16 Å². The van der Waals surface area contributed by atoms with Gasteiger partial charge >= 0.3 is 6.80 Å². The minimum atomic E-state index is -4.25. The van der Waals surface area contributed by atoms with E-state index in [4.69, 9.17) is 4.52 Å². The molecule has 0 radical (unpaired) electrons. The van der Waals surface area contributed by atoms with E-state index in [0.29, 0.717) is 22.3 Å². The highest BCUT2D eigenvalue weighted by molar-refractivity contribution is 8.76. The van der Waals surface area contributed by atoms with E-state index in [1.807, 2.05) is 30.3 Å². The molecule has 2 N–H and O–H groups in total. The molecule has 0 fully saturated rings. The van der Waals surface area contributed by atoms with Crippen molar-refractivity contribution in [2.45, 2.75) is 18.9 Å². The van der Waals surface area contributed by atoms with Gasteiger partial charge in [-0.05, 0) is 11.5 Å². The fourth-order valence-electron chi connectivity index (χ4n) is 2.13. The van der Waals surface area contributed by atoms with Gasteiger partial charge in [-0.3, -0.25) is 0 Å². The highest BCUT2D eigenvalue weighted by atomic mass is 32.8. The second-order valence-corrected chi connectivity index (χ2v) is 12.1. The molecule has 20 heavy (non-hydrogen) atoms. The Bertz CT molecular complexity index is 618. The Morgan fingerprint density at radius 2 is 1.80 bits per heavy atom. The lowest BCUT2D eigenvalue weighted by Gasteiger charge is -2.35. The Labute approximate surface area is 119 Å². The number of aromatic nitrogens is 1. The van der Waals surface area contributed by atoms with Crippen LogP contribution in [0.5, 0.6) is 0 Å². The number of benzene rings is 1. The van der Waals surface area contributed by atoms with Gasteiger partial charge < -0.3 is 14.3 Å². The van der Waals surface area contributed by atoms with E-state index in [9.17, 15) is 14.4 Å². The predicted molar refractivity (Wildman–Crippen MR) is 80.9 cm³/mol. The van der Waals surface area contributed by atoms with Crippen LogP contribution in [0.25, 0.3) is 11.3 Å². The summed E-state index contributed by atoms with van der Waals surface area (Å²) in [6, 6.07) is 11.1. The first kappa shape index (κ1) is 15.3. The van der Waals surface area contributed by atoms with Crippen LogP contribution in [-0.4, -0.2) is 26.4 Å². The Hall–Kier alpha value is -1.07. The van der Waals surface area contributed by atoms with Crippen LogP contribution >= 0.6 is 16.4 Å². The number of rotatable bonds is 5. The van der Waals surface area contributed by atoms with Gasteiger partial charge in [-0.2, -0.15) is 0 Å². The topological polar surface area (TPSA) is 83.6 Å². The normalized spacial score (nSPS) is 13.4. The van der Waals surface area contributed by atoms with Crippen molar-refractivity contribution in [2.24, 2.45) is 0 Å². The lowest BCUT2D eigenvalue weighted by atomic mass is 10.2. The van der Waals surface area contributed by atoms with Gasteiger partial charge in [0.25, 0.3) is 0 Å². The van der Waals surface area contributed by atoms with Crippen LogP contribution in [0.15, 0.2) is 45.9 Å². The average molecular weight is 315 g/mol. The van der Waals surface area contributed by atoms with Gasteiger partial charge in [0.15, 0.2) is 5.76 Å². The summed E-state index contributed by atoms with van der Waals surface area (Å²) >= 11 is 0. The molecule has 0 saturated heterocycles. The molecule has 2 rings (SSSR count). The highest BCUT2D eigenvalue weighted by Gasteiger charge is 2.42. The lowest BCUT2D eigenvalue weighted by Crippen LogP contribution is -2.07. The zero-order chi connectivity index (χ0) is 14.8. The molecule has 0 saturated carbocycles. The second kappa shape index (κ2) is 5.74. The van der Waals surface area contributed by atoms with Crippen LogP contribution in [-0.2, 0) is 4.57 Å². The Kier molecular flexibility index (Phi) is 4.39. The number of hydrogen-bond acceptors (Lipinski definition) is 3. The Balaban J connectivity index is 2.48. The summed E-state index contributed by atoms with van der Waals surface area (Å²) in [5.41, 5.74) is 0.845. The summed E-state index contributed by atoms with van der Waals surface area (Å²) in [6.07, 6.45) is 0. The molecule has 0 atom stereocenters. The van der Waals surface area contributed by atoms with Crippen molar-refractivity contribution in [1.29, 1.82) is 0 Å². The Morgan fingerprint density at radius 1 is 1.20 bits per heavy atom. The molecule has 1 aromatic carbocycles. The summed E-state index contributed by atoms with van der Waals surface area (Å²) in [7, 11) is -2.29. The molecule has 2 aromatic rings. The standard InChI is InChI=1S/C13H18NO4PS/c1-3-20(4-2,19(15,16)17)13-10-12(18-14-13)11-8-6-5-7-9-11/h5-10H,3-4H2,1-2H3,(H2,15,16,17). The van der Waals surface area contributed by atoms with Gasteiger partial charge in [0, 0.05) is 11.6 Å². The van der Waals surface area contributed by atoms with Crippen molar-refractivity contribution >= 4 is 16.4 Å². The second-order valence-electron chi connectivity index (χ2n) is 4.31. The first-order chi connectivity index (χ1) is 9.44. The summed E-state index contributed by atoms with van der Waals surface area (Å²) in [4.78, 5) is 19.5. The molecule has 0 bridgehead atoms. The zero-order valence-corrected chi connectivity index (χ0v) is 13.1. The lowest BCUT2D eigenvalue weighted by molar-refractivity contribution is 0.393. The quantitative estimate of drug-likeness (QED) is 0.823. The maximum absolute atomic E-state index is 11.9. The summed E-state index contributed by atoms with van der Waals surface area (Å²) < 4.78 is 17.2. The molecule has 110 valence electrons. The van der Waals surface area contributed by atoms with Gasteiger partial charge in [0.1, 0.15) is 5.03 Å².